The lowest BCUT2D eigenvalue weighted by molar-refractivity contribution is 0.245. The predicted octanol–water partition coefficient (Wildman–Crippen LogP) is 4.56. The summed E-state index contributed by atoms with van der Waals surface area (Å²) in [5.41, 5.74) is 2.36. The number of para-hydroxylation sites is 2. The first-order chi connectivity index (χ1) is 14.0. The Bertz CT molecular complexity index is 1090. The maximum Gasteiger partial charge on any atom is 0.263 e. The third kappa shape index (κ3) is 4.50. The molecule has 0 spiro atoms. The molecule has 1 saturated carbocycles. The van der Waals surface area contributed by atoms with Gasteiger partial charge in [0.05, 0.1) is 22.5 Å². The van der Waals surface area contributed by atoms with Crippen LogP contribution in [0.2, 0.25) is 0 Å². The van der Waals surface area contributed by atoms with Crippen LogP contribution in [0, 0.1) is 5.92 Å². The molecule has 0 unspecified atom stereocenters. The van der Waals surface area contributed by atoms with Crippen molar-refractivity contribution in [3.05, 3.63) is 54.1 Å². The number of hydrogen-bond acceptors (Lipinski definition) is 5. The van der Waals surface area contributed by atoms with Gasteiger partial charge in [-0.1, -0.05) is 44.0 Å². The Morgan fingerprint density at radius 3 is 2.31 bits per heavy atom. The highest BCUT2D eigenvalue weighted by Gasteiger charge is 2.21. The van der Waals surface area contributed by atoms with Crippen molar-refractivity contribution in [2.45, 2.75) is 43.9 Å². The standard InChI is InChI=1S/C22H25N3O3S/c1-2-16-11-13-18(14-12-16)29(26,27)25-21-22(28-15-17-7-3-4-8-17)24-20-10-6-5-9-19(20)23-21/h5-6,9-14,17H,2-4,7-8,15H2,1H3,(H,23,25). The molecule has 1 aliphatic carbocycles. The van der Waals surface area contributed by atoms with Gasteiger partial charge in [-0.3, -0.25) is 4.72 Å². The molecule has 3 aromatic rings. The van der Waals surface area contributed by atoms with Gasteiger partial charge in [0.2, 0.25) is 5.82 Å². The average Bonchev–Trinajstić information content (AvgIpc) is 3.25. The summed E-state index contributed by atoms with van der Waals surface area (Å²) in [7, 11) is -3.80. The Hall–Kier alpha value is -2.67. The molecule has 2 aromatic carbocycles. The zero-order valence-electron chi connectivity index (χ0n) is 16.5. The van der Waals surface area contributed by atoms with Gasteiger partial charge < -0.3 is 4.74 Å². The Labute approximate surface area is 171 Å². The molecule has 0 amide bonds. The Morgan fingerprint density at radius 2 is 1.66 bits per heavy atom. The Kier molecular flexibility index (Phi) is 5.67. The van der Waals surface area contributed by atoms with E-state index in [0.29, 0.717) is 23.6 Å². The second-order valence-electron chi connectivity index (χ2n) is 7.43. The fourth-order valence-corrected chi connectivity index (χ4v) is 4.62. The molecule has 1 fully saturated rings. The van der Waals surface area contributed by atoms with Gasteiger partial charge in [-0.15, -0.1) is 0 Å². The average molecular weight is 412 g/mol. The number of aryl methyl sites for hydroxylation is 1. The van der Waals surface area contributed by atoms with E-state index >= 15 is 0 Å². The monoisotopic (exact) mass is 411 g/mol. The fraction of sp³-hybridized carbons (Fsp3) is 0.364. The van der Waals surface area contributed by atoms with Gasteiger partial charge in [0.15, 0.2) is 0 Å². The molecule has 1 aromatic heterocycles. The maximum absolute atomic E-state index is 12.9. The van der Waals surface area contributed by atoms with Gasteiger partial charge in [0.1, 0.15) is 0 Å². The number of nitrogens with one attached hydrogen (secondary N) is 1. The number of sulfonamides is 1. The van der Waals surface area contributed by atoms with Crippen molar-refractivity contribution in [1.82, 2.24) is 9.97 Å². The van der Waals surface area contributed by atoms with E-state index in [1.807, 2.05) is 37.3 Å². The second-order valence-corrected chi connectivity index (χ2v) is 9.11. The molecule has 0 saturated heterocycles. The van der Waals surface area contributed by atoms with Crippen molar-refractivity contribution in [3.8, 4) is 5.88 Å². The molecule has 0 bridgehead atoms. The quantitative estimate of drug-likeness (QED) is 0.616. The number of rotatable bonds is 7. The molecular formula is C22H25N3O3S. The zero-order valence-corrected chi connectivity index (χ0v) is 17.3. The smallest absolute Gasteiger partial charge is 0.263 e. The summed E-state index contributed by atoms with van der Waals surface area (Å²) in [6.45, 7) is 2.55. The van der Waals surface area contributed by atoms with Gasteiger partial charge in [0.25, 0.3) is 15.9 Å². The highest BCUT2D eigenvalue weighted by molar-refractivity contribution is 7.92. The van der Waals surface area contributed by atoms with E-state index in [9.17, 15) is 8.42 Å². The molecule has 152 valence electrons. The van der Waals surface area contributed by atoms with Crippen LogP contribution in [0.5, 0.6) is 5.88 Å². The number of fused-ring (bicyclic) bond motifs is 1. The van der Waals surface area contributed by atoms with Crippen LogP contribution in [-0.4, -0.2) is 25.0 Å². The first-order valence-corrected chi connectivity index (χ1v) is 11.5. The number of hydrogen-bond donors (Lipinski definition) is 1. The summed E-state index contributed by atoms with van der Waals surface area (Å²) in [6.07, 6.45) is 5.54. The molecule has 4 rings (SSSR count). The third-order valence-corrected chi connectivity index (χ3v) is 6.70. The number of anilines is 1. The molecule has 29 heavy (non-hydrogen) atoms. The maximum atomic E-state index is 12.9. The summed E-state index contributed by atoms with van der Waals surface area (Å²) in [5.74, 6) is 0.833. The largest absolute Gasteiger partial charge is 0.475 e. The minimum Gasteiger partial charge on any atom is -0.475 e. The summed E-state index contributed by atoms with van der Waals surface area (Å²) >= 11 is 0. The molecular weight excluding hydrogens is 386 g/mol. The van der Waals surface area contributed by atoms with Crippen molar-refractivity contribution in [2.24, 2.45) is 5.92 Å². The third-order valence-electron chi connectivity index (χ3n) is 5.34. The van der Waals surface area contributed by atoms with E-state index < -0.39 is 10.0 Å². The molecule has 0 aliphatic heterocycles. The Balaban J connectivity index is 1.65. The van der Waals surface area contributed by atoms with Crippen molar-refractivity contribution in [1.29, 1.82) is 0 Å². The molecule has 7 heteroatoms. The van der Waals surface area contributed by atoms with E-state index in [-0.39, 0.29) is 16.6 Å². The van der Waals surface area contributed by atoms with Crippen molar-refractivity contribution >= 4 is 26.9 Å². The minimum atomic E-state index is -3.80. The van der Waals surface area contributed by atoms with Crippen LogP contribution < -0.4 is 9.46 Å². The number of benzene rings is 2. The van der Waals surface area contributed by atoms with Gasteiger partial charge >= 0.3 is 0 Å². The van der Waals surface area contributed by atoms with E-state index in [1.54, 1.807) is 18.2 Å². The second kappa shape index (κ2) is 8.37. The lowest BCUT2D eigenvalue weighted by atomic mass is 10.1. The summed E-state index contributed by atoms with van der Waals surface area (Å²) < 4.78 is 34.4. The van der Waals surface area contributed by atoms with Crippen molar-refractivity contribution < 1.29 is 13.2 Å². The van der Waals surface area contributed by atoms with Gasteiger partial charge in [0, 0.05) is 0 Å². The summed E-state index contributed by atoms with van der Waals surface area (Å²) in [4.78, 5) is 9.20. The molecule has 6 nitrogen and oxygen atoms in total. The first kappa shape index (κ1) is 19.6. The lowest BCUT2D eigenvalue weighted by Gasteiger charge is -2.15. The van der Waals surface area contributed by atoms with E-state index in [4.69, 9.17) is 4.74 Å². The Morgan fingerprint density at radius 1 is 1.00 bits per heavy atom. The van der Waals surface area contributed by atoms with Crippen LogP contribution in [0.4, 0.5) is 5.82 Å². The van der Waals surface area contributed by atoms with Gasteiger partial charge in [-0.05, 0) is 55.0 Å². The van der Waals surface area contributed by atoms with E-state index in [2.05, 4.69) is 14.7 Å². The van der Waals surface area contributed by atoms with Crippen molar-refractivity contribution in [2.75, 3.05) is 11.3 Å². The van der Waals surface area contributed by atoms with Crippen LogP contribution in [0.1, 0.15) is 38.2 Å². The van der Waals surface area contributed by atoms with Gasteiger partial charge in [-0.25, -0.2) is 18.4 Å². The normalized spacial score (nSPS) is 14.9. The molecule has 1 aliphatic rings. The van der Waals surface area contributed by atoms with Crippen molar-refractivity contribution in [3.63, 3.8) is 0 Å². The number of ether oxygens (including phenoxy) is 1. The van der Waals surface area contributed by atoms with Crippen LogP contribution in [0.15, 0.2) is 53.4 Å². The topological polar surface area (TPSA) is 81.2 Å². The van der Waals surface area contributed by atoms with E-state index in [0.717, 1.165) is 24.8 Å². The first-order valence-electron chi connectivity index (χ1n) is 10.1. The molecule has 0 atom stereocenters. The highest BCUT2D eigenvalue weighted by Crippen LogP contribution is 2.29. The zero-order chi connectivity index (χ0) is 20.3. The summed E-state index contributed by atoms with van der Waals surface area (Å²) in [6, 6.07) is 14.2. The van der Waals surface area contributed by atoms with Gasteiger partial charge in [-0.2, -0.15) is 0 Å². The van der Waals surface area contributed by atoms with Crippen LogP contribution >= 0.6 is 0 Å². The van der Waals surface area contributed by atoms with Crippen LogP contribution in [0.3, 0.4) is 0 Å². The predicted molar refractivity (Wildman–Crippen MR) is 114 cm³/mol. The number of nitrogens with zero attached hydrogens (tertiary/aromatic N) is 2. The lowest BCUT2D eigenvalue weighted by Crippen LogP contribution is -2.17. The molecule has 1 N–H and O–H groups in total. The number of aromatic nitrogens is 2. The van der Waals surface area contributed by atoms with Crippen LogP contribution in [-0.2, 0) is 16.4 Å². The highest BCUT2D eigenvalue weighted by atomic mass is 32.2. The SMILES string of the molecule is CCc1ccc(S(=O)(=O)Nc2nc3ccccc3nc2OCC2CCCC2)cc1. The molecule has 0 radical (unpaired) electrons. The minimum absolute atomic E-state index is 0.126. The van der Waals surface area contributed by atoms with E-state index in [1.165, 1.54) is 12.8 Å². The molecule has 1 heterocycles. The summed E-state index contributed by atoms with van der Waals surface area (Å²) in [5, 5.41) is 0. The fourth-order valence-electron chi connectivity index (χ4n) is 3.62. The van der Waals surface area contributed by atoms with Crippen LogP contribution in [0.25, 0.3) is 11.0 Å².